The van der Waals surface area contributed by atoms with E-state index in [1.165, 1.54) is 30.6 Å². The molecule has 1 rings (SSSR count). The normalized spacial score (nSPS) is 18.8. The lowest BCUT2D eigenvalue weighted by Crippen LogP contribution is -2.41. The lowest BCUT2D eigenvalue weighted by Gasteiger charge is -2.37. The van der Waals surface area contributed by atoms with Crippen LogP contribution >= 0.6 is 11.8 Å². The van der Waals surface area contributed by atoms with Gasteiger partial charge >= 0.3 is 5.97 Å². The van der Waals surface area contributed by atoms with Crippen molar-refractivity contribution in [3.8, 4) is 0 Å². The van der Waals surface area contributed by atoms with E-state index in [9.17, 15) is 9.59 Å². The van der Waals surface area contributed by atoms with E-state index in [0.29, 0.717) is 23.9 Å². The van der Waals surface area contributed by atoms with Crippen LogP contribution in [-0.4, -0.2) is 71.8 Å². The number of carbonyl (C=O) groups excluding carboxylic acids is 2. The van der Waals surface area contributed by atoms with Gasteiger partial charge in [0.2, 0.25) is 5.91 Å². The molecule has 0 aliphatic heterocycles. The average Bonchev–Trinajstić information content (AvgIpc) is 3.35. The Balaban J connectivity index is 3.48. The van der Waals surface area contributed by atoms with Gasteiger partial charge in [-0.25, -0.2) is 0 Å². The van der Waals surface area contributed by atoms with Crippen LogP contribution in [0.2, 0.25) is 47.3 Å². The molecule has 1 amide bonds. The van der Waals surface area contributed by atoms with Crippen molar-refractivity contribution in [2.24, 2.45) is 5.92 Å². The third-order valence-electron chi connectivity index (χ3n) is 9.73. The van der Waals surface area contributed by atoms with E-state index in [-0.39, 0.29) is 27.9 Å². The highest BCUT2D eigenvalue weighted by Crippen LogP contribution is 2.53. The van der Waals surface area contributed by atoms with Crippen molar-refractivity contribution in [1.29, 1.82) is 0 Å². The number of thioether (sulfide) groups is 1. The molecule has 292 valence electrons. The van der Waals surface area contributed by atoms with Gasteiger partial charge in [0.1, 0.15) is 5.76 Å². The summed E-state index contributed by atoms with van der Waals surface area (Å²) < 4.78 is 20.2. The fourth-order valence-electron chi connectivity index (χ4n) is 6.39. The van der Waals surface area contributed by atoms with E-state index in [4.69, 9.17) is 13.0 Å². The summed E-state index contributed by atoms with van der Waals surface area (Å²) >= 11 is 1.89. The number of hydrogen-bond acceptors (Lipinski definition) is 6. The molecule has 3 atom stereocenters. The number of nitrogens with zero attached hydrogens (tertiary/aromatic N) is 1. The molecular formula is C39H79NO5SSi4. The quantitative estimate of drug-likeness (QED) is 0.0420. The maximum absolute atomic E-state index is 13.0. The van der Waals surface area contributed by atoms with Crippen LogP contribution in [0.1, 0.15) is 140 Å². The Kier molecular flexibility index (Phi) is 21.6. The first-order valence-electron chi connectivity index (χ1n) is 20.0. The van der Waals surface area contributed by atoms with Crippen LogP contribution in [0, 0.1) is 5.92 Å². The maximum Gasteiger partial charge on any atom is 0.310 e. The van der Waals surface area contributed by atoms with E-state index < -0.39 is 36.2 Å². The van der Waals surface area contributed by atoms with Gasteiger partial charge in [-0.1, -0.05) is 93.2 Å². The molecule has 11 heteroatoms. The molecule has 0 unspecified atom stereocenters. The number of esters is 1. The van der Waals surface area contributed by atoms with Crippen LogP contribution in [-0.2, 0) is 22.6 Å². The van der Waals surface area contributed by atoms with E-state index in [1.54, 1.807) is 0 Å². The van der Waals surface area contributed by atoms with Crippen molar-refractivity contribution in [2.75, 3.05) is 18.8 Å². The lowest BCUT2D eigenvalue weighted by molar-refractivity contribution is -0.139. The van der Waals surface area contributed by atoms with Crippen molar-refractivity contribution < 1.29 is 22.6 Å². The summed E-state index contributed by atoms with van der Waals surface area (Å²) in [6.07, 6.45) is 15.5. The standard InChI is InChI=1S/C39H79NO5SSi4/c1-15-19-21-25-31(49(11,12)44-47-38(5,6)7)27-28-32-34(50(13,14)45-48-39(8,9)10)30-33(43-36(42)24-16-2)37(32)46-29-23-20-22-26-35(41)40(17-3)18-4/h27-28,31-32,34H,15-26,29-30,47-48H2,1-14H3/t31-,32-,34+/m0/s1. The molecule has 0 aromatic heterocycles. The number of hydrogen-bond donors (Lipinski definition) is 0. The van der Waals surface area contributed by atoms with Gasteiger partial charge in [-0.15, -0.1) is 11.8 Å². The van der Waals surface area contributed by atoms with Gasteiger partial charge in [0, 0.05) is 43.2 Å². The van der Waals surface area contributed by atoms with Gasteiger partial charge in [-0.3, -0.25) is 9.59 Å². The van der Waals surface area contributed by atoms with Crippen molar-refractivity contribution in [3.63, 3.8) is 0 Å². The van der Waals surface area contributed by atoms with Gasteiger partial charge < -0.3 is 17.9 Å². The molecule has 1 aliphatic rings. The number of amides is 1. The molecule has 0 saturated heterocycles. The van der Waals surface area contributed by atoms with Gasteiger partial charge in [0.25, 0.3) is 0 Å². The Morgan fingerprint density at radius 3 is 2.04 bits per heavy atom. The highest BCUT2D eigenvalue weighted by Gasteiger charge is 2.47. The second-order valence-electron chi connectivity index (χ2n) is 18.0. The lowest BCUT2D eigenvalue weighted by atomic mass is 10.1. The van der Waals surface area contributed by atoms with Crippen LogP contribution < -0.4 is 0 Å². The molecule has 0 bridgehead atoms. The van der Waals surface area contributed by atoms with Crippen LogP contribution in [0.15, 0.2) is 22.8 Å². The van der Waals surface area contributed by atoms with Gasteiger partial charge in [0.15, 0.2) is 36.2 Å². The number of allylic oxidation sites excluding steroid dienone is 4. The smallest absolute Gasteiger partial charge is 0.310 e. The highest BCUT2D eigenvalue weighted by molar-refractivity contribution is 8.03. The molecule has 0 fully saturated rings. The third kappa shape index (κ3) is 18.1. The molecule has 0 aromatic carbocycles. The van der Waals surface area contributed by atoms with E-state index >= 15 is 0 Å². The Labute approximate surface area is 320 Å². The average molecular weight is 786 g/mol. The summed E-state index contributed by atoms with van der Waals surface area (Å²) in [7, 11) is -5.55. The number of rotatable bonds is 24. The fraction of sp³-hybridized carbons (Fsp3) is 0.846. The third-order valence-corrected chi connectivity index (χ3v) is 24.5. The molecule has 1 aliphatic carbocycles. The minimum absolute atomic E-state index is 0.116. The van der Waals surface area contributed by atoms with Crippen molar-refractivity contribution in [1.82, 2.24) is 4.90 Å². The molecule has 0 aromatic rings. The summed E-state index contributed by atoms with van der Waals surface area (Å²) in [5.74, 6) is 2.18. The first-order valence-corrected chi connectivity index (χ1v) is 29.5. The van der Waals surface area contributed by atoms with Crippen molar-refractivity contribution >= 4 is 59.8 Å². The van der Waals surface area contributed by atoms with Crippen LogP contribution in [0.25, 0.3) is 0 Å². The van der Waals surface area contributed by atoms with Crippen LogP contribution in [0.5, 0.6) is 0 Å². The van der Waals surface area contributed by atoms with E-state index in [0.717, 1.165) is 56.7 Å². The first-order chi connectivity index (χ1) is 23.2. The Hall–Kier alpha value is -0.442. The minimum atomic E-state index is -2.17. The summed E-state index contributed by atoms with van der Waals surface area (Å²) in [6, 6.07) is 0. The van der Waals surface area contributed by atoms with Gasteiger partial charge in [-0.2, -0.15) is 0 Å². The van der Waals surface area contributed by atoms with E-state index in [1.807, 2.05) is 37.4 Å². The molecule has 6 nitrogen and oxygen atoms in total. The zero-order valence-electron chi connectivity index (χ0n) is 35.1. The van der Waals surface area contributed by atoms with E-state index in [2.05, 4.69) is 86.8 Å². The topological polar surface area (TPSA) is 65.1 Å². The second kappa shape index (κ2) is 22.7. The molecule has 0 heterocycles. The van der Waals surface area contributed by atoms with Crippen molar-refractivity contribution in [3.05, 3.63) is 22.8 Å². The predicted octanol–water partition coefficient (Wildman–Crippen LogP) is 10.6. The van der Waals surface area contributed by atoms with Crippen molar-refractivity contribution in [2.45, 2.75) is 187 Å². The Morgan fingerprint density at radius 2 is 1.48 bits per heavy atom. The number of unbranched alkanes of at least 4 members (excludes halogenated alkanes) is 4. The summed E-state index contributed by atoms with van der Waals surface area (Å²) in [4.78, 5) is 28.7. The predicted molar refractivity (Wildman–Crippen MR) is 229 cm³/mol. The van der Waals surface area contributed by atoms with Crippen LogP contribution in [0.3, 0.4) is 0 Å². The molecule has 0 N–H and O–H groups in total. The summed E-state index contributed by atoms with van der Waals surface area (Å²) in [5, 5.41) is 0.488. The SMILES string of the molecule is CCCCC[C@@H](C=C[C@@H]1C(SCCCCCC(=O)N(CC)CC)=C(OC(=O)CCC)C[C@H]1[Si](C)(C)O[SiH2]C(C)(C)C)[Si](C)(C)O[SiH2]C(C)(C)C. The number of ether oxygens (including phenoxy) is 1. The maximum atomic E-state index is 13.0. The Morgan fingerprint density at radius 1 is 0.860 bits per heavy atom. The summed E-state index contributed by atoms with van der Waals surface area (Å²) in [6.45, 7) is 33.5. The molecule has 0 spiro atoms. The zero-order valence-corrected chi connectivity index (χ0v) is 40.7. The van der Waals surface area contributed by atoms with Gasteiger partial charge in [-0.05, 0) is 92.6 Å². The highest BCUT2D eigenvalue weighted by atomic mass is 32.2. The minimum Gasteiger partial charge on any atom is -0.460 e. The summed E-state index contributed by atoms with van der Waals surface area (Å²) in [5.41, 5.74) is 0.763. The molecule has 0 radical (unpaired) electrons. The zero-order chi connectivity index (χ0) is 38.2. The second-order valence-corrected chi connectivity index (χ2v) is 34.1. The largest absolute Gasteiger partial charge is 0.460 e. The van der Waals surface area contributed by atoms with Crippen LogP contribution in [0.4, 0.5) is 0 Å². The van der Waals surface area contributed by atoms with Gasteiger partial charge in [0.05, 0.1) is 0 Å². The molecule has 50 heavy (non-hydrogen) atoms. The first kappa shape index (κ1) is 47.6. The Bertz CT molecular complexity index is 1080. The monoisotopic (exact) mass is 785 g/mol. The fourth-order valence-corrected chi connectivity index (χ4v) is 19.2. The molecule has 0 saturated carbocycles. The molecular weight excluding hydrogens is 707 g/mol. The number of carbonyl (C=O) groups is 2.